The van der Waals surface area contributed by atoms with Crippen LogP contribution in [0.2, 0.25) is 0 Å². The summed E-state index contributed by atoms with van der Waals surface area (Å²) in [5.74, 6) is -0.676. The molecule has 0 saturated carbocycles. The number of anilines is 3. The Bertz CT molecular complexity index is 864. The van der Waals surface area contributed by atoms with E-state index in [9.17, 15) is 14.4 Å². The number of methoxy groups -OCH3 is 1. The molecule has 3 rings (SSSR count). The van der Waals surface area contributed by atoms with Gasteiger partial charge in [-0.15, -0.1) is 0 Å². The minimum atomic E-state index is -0.412. The van der Waals surface area contributed by atoms with E-state index >= 15 is 0 Å². The van der Waals surface area contributed by atoms with Gasteiger partial charge in [0, 0.05) is 18.2 Å². The summed E-state index contributed by atoms with van der Waals surface area (Å²) in [5.41, 5.74) is 2.46. The molecule has 2 amide bonds. The molecule has 1 aliphatic heterocycles. The first-order valence-corrected chi connectivity index (χ1v) is 8.63. The Balaban J connectivity index is 1.73. The molecule has 0 bridgehead atoms. The fourth-order valence-corrected chi connectivity index (χ4v) is 3.07. The van der Waals surface area contributed by atoms with E-state index in [-0.39, 0.29) is 30.8 Å². The lowest BCUT2D eigenvalue weighted by Crippen LogP contribution is -2.42. The number of para-hydroxylation sites is 2. The molecule has 1 heterocycles. The van der Waals surface area contributed by atoms with Crippen molar-refractivity contribution in [3.05, 3.63) is 54.1 Å². The summed E-state index contributed by atoms with van der Waals surface area (Å²) >= 11 is 0. The molecule has 2 aromatic rings. The third kappa shape index (κ3) is 4.08. The lowest BCUT2D eigenvalue weighted by Gasteiger charge is -2.28. The molecule has 7 nitrogen and oxygen atoms in total. The van der Waals surface area contributed by atoms with Gasteiger partial charge in [-0.3, -0.25) is 9.59 Å². The zero-order valence-electron chi connectivity index (χ0n) is 15.2. The quantitative estimate of drug-likeness (QED) is 0.811. The Labute approximate surface area is 157 Å². The number of amides is 2. The van der Waals surface area contributed by atoms with Gasteiger partial charge in [-0.2, -0.15) is 0 Å². The predicted molar refractivity (Wildman–Crippen MR) is 103 cm³/mol. The third-order valence-electron chi connectivity index (χ3n) is 4.38. The number of esters is 1. The molecule has 1 atom stereocenters. The van der Waals surface area contributed by atoms with Crippen molar-refractivity contribution < 1.29 is 19.1 Å². The first kappa shape index (κ1) is 18.4. The van der Waals surface area contributed by atoms with Crippen molar-refractivity contribution in [3.63, 3.8) is 0 Å². The normalized spacial score (nSPS) is 16.0. The van der Waals surface area contributed by atoms with Crippen LogP contribution in [0.5, 0.6) is 0 Å². The van der Waals surface area contributed by atoms with Crippen LogP contribution in [0.25, 0.3) is 0 Å². The number of nitrogens with zero attached hydrogens (tertiary/aromatic N) is 1. The van der Waals surface area contributed by atoms with Crippen molar-refractivity contribution >= 4 is 34.8 Å². The summed E-state index contributed by atoms with van der Waals surface area (Å²) in [7, 11) is 1.33. The van der Waals surface area contributed by atoms with Crippen molar-refractivity contribution in [2.45, 2.75) is 19.4 Å². The van der Waals surface area contributed by atoms with E-state index < -0.39 is 5.97 Å². The molecule has 7 heteroatoms. The van der Waals surface area contributed by atoms with Crippen molar-refractivity contribution in [3.8, 4) is 0 Å². The lowest BCUT2D eigenvalue weighted by atomic mass is 10.1. The highest BCUT2D eigenvalue weighted by molar-refractivity contribution is 6.05. The Morgan fingerprint density at radius 3 is 2.59 bits per heavy atom. The van der Waals surface area contributed by atoms with E-state index in [1.54, 1.807) is 35.2 Å². The van der Waals surface area contributed by atoms with Crippen LogP contribution < -0.4 is 15.5 Å². The van der Waals surface area contributed by atoms with Gasteiger partial charge in [0.05, 0.1) is 30.6 Å². The van der Waals surface area contributed by atoms with Crippen LogP contribution in [0.15, 0.2) is 48.5 Å². The van der Waals surface area contributed by atoms with Crippen LogP contribution in [0.4, 0.5) is 17.1 Å². The summed E-state index contributed by atoms with van der Waals surface area (Å²) in [4.78, 5) is 38.0. The monoisotopic (exact) mass is 367 g/mol. The van der Waals surface area contributed by atoms with Crippen LogP contribution in [0.1, 0.15) is 23.7 Å². The van der Waals surface area contributed by atoms with Crippen LogP contribution in [-0.2, 0) is 14.3 Å². The molecule has 0 fully saturated rings. The number of hydrogen-bond acceptors (Lipinski definition) is 5. The smallest absolute Gasteiger partial charge is 0.337 e. The molecule has 0 saturated heterocycles. The standard InChI is InChI=1S/C20H21N3O4/c1-13-11-18(24)22-16-5-3-4-6-17(16)23(13)19(25)12-21-15-9-7-14(8-10-15)20(26)27-2/h3-10,13,21H,11-12H2,1-2H3,(H,22,24)/t13-/m0/s1. The molecule has 0 radical (unpaired) electrons. The maximum atomic E-state index is 12.9. The zero-order valence-corrected chi connectivity index (χ0v) is 15.2. The van der Waals surface area contributed by atoms with Crippen LogP contribution in [0, 0.1) is 0 Å². The van der Waals surface area contributed by atoms with E-state index in [2.05, 4.69) is 15.4 Å². The van der Waals surface area contributed by atoms with E-state index in [1.165, 1.54) is 7.11 Å². The highest BCUT2D eigenvalue weighted by Gasteiger charge is 2.29. The molecule has 140 valence electrons. The molecule has 0 aromatic heterocycles. The van der Waals surface area contributed by atoms with E-state index in [0.29, 0.717) is 22.6 Å². The largest absolute Gasteiger partial charge is 0.465 e. The summed E-state index contributed by atoms with van der Waals surface area (Å²) in [5, 5.41) is 5.90. The molecular formula is C20H21N3O4. The zero-order chi connectivity index (χ0) is 19.4. The molecule has 1 aliphatic rings. The molecule has 0 spiro atoms. The number of fused-ring (bicyclic) bond motifs is 1. The van der Waals surface area contributed by atoms with Crippen molar-refractivity contribution in [2.24, 2.45) is 0 Å². The number of ether oxygens (including phenoxy) is 1. The fourth-order valence-electron chi connectivity index (χ4n) is 3.07. The van der Waals surface area contributed by atoms with E-state index in [4.69, 9.17) is 0 Å². The van der Waals surface area contributed by atoms with Gasteiger partial charge in [-0.05, 0) is 43.3 Å². The SMILES string of the molecule is COC(=O)c1ccc(NCC(=O)N2c3ccccc3NC(=O)C[C@@H]2C)cc1. The maximum absolute atomic E-state index is 12.9. The van der Waals surface area contributed by atoms with Gasteiger partial charge in [0.1, 0.15) is 0 Å². The number of carbonyl (C=O) groups excluding carboxylic acids is 3. The number of benzene rings is 2. The van der Waals surface area contributed by atoms with Gasteiger partial charge in [0.25, 0.3) is 0 Å². The second-order valence-electron chi connectivity index (χ2n) is 6.30. The Kier molecular flexibility index (Phi) is 5.40. The number of hydrogen-bond donors (Lipinski definition) is 2. The summed E-state index contributed by atoms with van der Waals surface area (Å²) in [6.07, 6.45) is 0.230. The van der Waals surface area contributed by atoms with Gasteiger partial charge >= 0.3 is 5.97 Å². The predicted octanol–water partition coefficient (Wildman–Crippen LogP) is 2.65. The van der Waals surface area contributed by atoms with Gasteiger partial charge in [0.15, 0.2) is 0 Å². The number of nitrogens with one attached hydrogen (secondary N) is 2. The van der Waals surface area contributed by atoms with Crippen molar-refractivity contribution in [1.29, 1.82) is 0 Å². The number of rotatable bonds is 4. The molecule has 2 aromatic carbocycles. The molecule has 27 heavy (non-hydrogen) atoms. The fraction of sp³-hybridized carbons (Fsp3) is 0.250. The minimum absolute atomic E-state index is 0.0600. The summed E-state index contributed by atoms with van der Waals surface area (Å²) in [6.45, 7) is 1.91. The highest BCUT2D eigenvalue weighted by atomic mass is 16.5. The van der Waals surface area contributed by atoms with Crippen molar-refractivity contribution in [1.82, 2.24) is 0 Å². The second-order valence-corrected chi connectivity index (χ2v) is 6.30. The minimum Gasteiger partial charge on any atom is -0.465 e. The molecule has 2 N–H and O–H groups in total. The highest BCUT2D eigenvalue weighted by Crippen LogP contribution is 2.31. The van der Waals surface area contributed by atoms with Gasteiger partial charge in [-0.25, -0.2) is 4.79 Å². The first-order valence-electron chi connectivity index (χ1n) is 8.63. The maximum Gasteiger partial charge on any atom is 0.337 e. The van der Waals surface area contributed by atoms with E-state index in [1.807, 2.05) is 25.1 Å². The average Bonchev–Trinajstić information content (AvgIpc) is 2.80. The lowest BCUT2D eigenvalue weighted by molar-refractivity contribution is -0.118. The third-order valence-corrected chi connectivity index (χ3v) is 4.38. The number of carbonyl (C=O) groups is 3. The van der Waals surface area contributed by atoms with Gasteiger partial charge in [0.2, 0.25) is 11.8 Å². The molecular weight excluding hydrogens is 346 g/mol. The van der Waals surface area contributed by atoms with Crippen LogP contribution in [0.3, 0.4) is 0 Å². The van der Waals surface area contributed by atoms with Gasteiger partial charge in [-0.1, -0.05) is 12.1 Å². The van der Waals surface area contributed by atoms with Crippen molar-refractivity contribution in [2.75, 3.05) is 29.2 Å². The summed E-state index contributed by atoms with van der Waals surface area (Å²) in [6, 6.07) is 13.7. The van der Waals surface area contributed by atoms with E-state index in [0.717, 1.165) is 0 Å². The van der Waals surface area contributed by atoms with Crippen LogP contribution in [-0.4, -0.2) is 37.5 Å². The molecule has 0 aliphatic carbocycles. The Morgan fingerprint density at radius 1 is 1.19 bits per heavy atom. The average molecular weight is 367 g/mol. The topological polar surface area (TPSA) is 87.7 Å². The summed E-state index contributed by atoms with van der Waals surface area (Å²) < 4.78 is 4.67. The van der Waals surface area contributed by atoms with Crippen LogP contribution >= 0.6 is 0 Å². The Hall–Kier alpha value is -3.35. The Morgan fingerprint density at radius 2 is 1.89 bits per heavy atom. The second kappa shape index (κ2) is 7.90. The molecule has 0 unspecified atom stereocenters. The first-order chi connectivity index (χ1) is 13.0. The van der Waals surface area contributed by atoms with Gasteiger partial charge < -0.3 is 20.3 Å².